The smallest absolute Gasteiger partial charge is 0.303 e. The van der Waals surface area contributed by atoms with Gasteiger partial charge in [-0.05, 0) is 96.3 Å². The summed E-state index contributed by atoms with van der Waals surface area (Å²) in [4.78, 5) is 31.7. The quantitative estimate of drug-likeness (QED) is 0.0402. The van der Waals surface area contributed by atoms with Crippen LogP contribution < -0.4 is 0 Å². The number of unbranched alkanes of at least 4 members (excludes halogenated alkanes) is 32. The van der Waals surface area contributed by atoms with Gasteiger partial charge in [0.05, 0.1) is 13.2 Å². The van der Waals surface area contributed by atoms with Gasteiger partial charge in [-0.25, -0.2) is 0 Å². The molecule has 0 saturated heterocycles. The van der Waals surface area contributed by atoms with E-state index in [2.05, 4.69) is 36.5 Å². The number of carboxylic acid groups (broad SMARTS) is 3. The Labute approximate surface area is 399 Å². The summed E-state index contributed by atoms with van der Waals surface area (Å²) >= 11 is 0. The molecule has 0 aliphatic heterocycles. The highest BCUT2D eigenvalue weighted by Gasteiger charge is 2.10. The van der Waals surface area contributed by atoms with Crippen molar-refractivity contribution in [2.75, 3.05) is 33.0 Å². The molecule has 0 saturated carbocycles. The molecule has 65 heavy (non-hydrogen) atoms. The minimum atomic E-state index is -0.687. The minimum Gasteiger partial charge on any atom is -0.481 e. The van der Waals surface area contributed by atoms with Crippen molar-refractivity contribution in [3.8, 4) is 0 Å². The molecule has 1 unspecified atom stereocenters. The lowest BCUT2D eigenvalue weighted by Crippen LogP contribution is -2.26. The van der Waals surface area contributed by atoms with Crippen LogP contribution in [0.5, 0.6) is 0 Å². The van der Waals surface area contributed by atoms with Crippen LogP contribution in [0.3, 0.4) is 0 Å². The van der Waals surface area contributed by atoms with Gasteiger partial charge in [0.25, 0.3) is 0 Å². The third kappa shape index (κ3) is 57.6. The molecule has 3 N–H and O–H groups in total. The molecule has 0 aliphatic carbocycles. The zero-order chi connectivity index (χ0) is 47.2. The van der Waals surface area contributed by atoms with E-state index in [4.69, 9.17) is 29.5 Å². The standard InChI is InChI=1S/C56H102O9/c57-54(58)45-39-33-27-21-15-9-4-1-2-6-12-18-24-30-36-42-48-63-51-53(65-50-44-38-32-26-20-14-8-11-17-23-29-35-41-47-56(61)62)52-64-49-43-37-31-25-19-13-7-3-5-10-16-22-28-34-40-46-55(59)60/h3,5,8,13-14,19,53H,1-2,4,6-7,9-12,15-18,20-52H2,(H,57,58)(H,59,60)(H,61,62)/b5-3-,14-8-,19-13-. The first-order valence-electron chi connectivity index (χ1n) is 27.3. The van der Waals surface area contributed by atoms with Crippen LogP contribution in [-0.4, -0.2) is 72.4 Å². The highest BCUT2D eigenvalue weighted by atomic mass is 16.6. The molecular formula is C56H102O9. The van der Waals surface area contributed by atoms with Crippen molar-refractivity contribution in [3.63, 3.8) is 0 Å². The van der Waals surface area contributed by atoms with Crippen molar-refractivity contribution >= 4 is 17.9 Å². The number of carboxylic acids is 3. The number of carbonyl (C=O) groups is 3. The van der Waals surface area contributed by atoms with Crippen LogP contribution in [0.2, 0.25) is 0 Å². The van der Waals surface area contributed by atoms with Crippen LogP contribution in [0.25, 0.3) is 0 Å². The van der Waals surface area contributed by atoms with Gasteiger partial charge >= 0.3 is 17.9 Å². The van der Waals surface area contributed by atoms with Crippen LogP contribution in [0.4, 0.5) is 0 Å². The molecule has 0 rings (SSSR count). The SMILES string of the molecule is O=C(O)CCCCCCC/C=C\C/C=C\CCCCCOCC(COCCCCCCCCCCCCCCCCCCC(=O)O)OCCCCCC/C=C\CCCCCCCC(=O)O. The minimum absolute atomic E-state index is 0.00894. The molecule has 0 radical (unpaired) electrons. The normalized spacial score (nSPS) is 12.4. The topological polar surface area (TPSA) is 140 Å². The van der Waals surface area contributed by atoms with Gasteiger partial charge in [-0.1, -0.05) is 184 Å². The highest BCUT2D eigenvalue weighted by molar-refractivity contribution is 5.67. The molecule has 1 atom stereocenters. The fourth-order valence-corrected chi connectivity index (χ4v) is 8.02. The first kappa shape index (κ1) is 62.5. The van der Waals surface area contributed by atoms with Gasteiger partial charge in [0.15, 0.2) is 0 Å². The number of allylic oxidation sites excluding steroid dienone is 6. The lowest BCUT2D eigenvalue weighted by Gasteiger charge is -2.18. The Morgan fingerprint density at radius 2 is 0.554 bits per heavy atom. The second-order valence-electron chi connectivity index (χ2n) is 18.5. The zero-order valence-corrected chi connectivity index (χ0v) is 41.9. The van der Waals surface area contributed by atoms with Gasteiger partial charge < -0.3 is 29.5 Å². The maximum Gasteiger partial charge on any atom is 0.303 e. The zero-order valence-electron chi connectivity index (χ0n) is 41.9. The van der Waals surface area contributed by atoms with Crippen LogP contribution in [0, 0.1) is 0 Å². The van der Waals surface area contributed by atoms with E-state index in [9.17, 15) is 14.4 Å². The number of rotatable bonds is 55. The fraction of sp³-hybridized carbons (Fsp3) is 0.839. The van der Waals surface area contributed by atoms with Crippen molar-refractivity contribution < 1.29 is 43.9 Å². The van der Waals surface area contributed by atoms with E-state index in [0.29, 0.717) is 32.5 Å². The van der Waals surface area contributed by atoms with Gasteiger partial charge in [0, 0.05) is 39.1 Å². The molecular weight excluding hydrogens is 817 g/mol. The van der Waals surface area contributed by atoms with Crippen molar-refractivity contribution in [2.24, 2.45) is 0 Å². The predicted octanol–water partition coefficient (Wildman–Crippen LogP) is 16.3. The van der Waals surface area contributed by atoms with Crippen molar-refractivity contribution in [2.45, 2.75) is 269 Å². The van der Waals surface area contributed by atoms with E-state index in [0.717, 1.165) is 123 Å². The van der Waals surface area contributed by atoms with E-state index in [1.54, 1.807) is 0 Å². The second-order valence-corrected chi connectivity index (χ2v) is 18.5. The number of aliphatic carboxylic acids is 3. The van der Waals surface area contributed by atoms with Gasteiger partial charge in [0.1, 0.15) is 6.10 Å². The molecule has 380 valence electrons. The fourth-order valence-electron chi connectivity index (χ4n) is 8.02. The van der Waals surface area contributed by atoms with E-state index >= 15 is 0 Å². The molecule has 0 bridgehead atoms. The van der Waals surface area contributed by atoms with Crippen molar-refractivity contribution in [1.82, 2.24) is 0 Å². The number of hydrogen-bond donors (Lipinski definition) is 3. The molecule has 0 aromatic heterocycles. The van der Waals surface area contributed by atoms with Gasteiger partial charge in [-0.15, -0.1) is 0 Å². The van der Waals surface area contributed by atoms with Crippen LogP contribution in [-0.2, 0) is 28.6 Å². The maximum absolute atomic E-state index is 10.6. The summed E-state index contributed by atoms with van der Waals surface area (Å²) in [6.07, 6.45) is 58.9. The van der Waals surface area contributed by atoms with E-state index in [-0.39, 0.29) is 6.10 Å². The maximum atomic E-state index is 10.6. The van der Waals surface area contributed by atoms with Crippen molar-refractivity contribution in [1.29, 1.82) is 0 Å². The monoisotopic (exact) mass is 919 g/mol. The molecule has 0 aliphatic rings. The third-order valence-electron chi connectivity index (χ3n) is 12.1. The lowest BCUT2D eigenvalue weighted by atomic mass is 10.0. The van der Waals surface area contributed by atoms with Crippen LogP contribution in [0.15, 0.2) is 36.5 Å². The Kier molecular flexibility index (Phi) is 52.0. The van der Waals surface area contributed by atoms with Gasteiger partial charge in [-0.3, -0.25) is 14.4 Å². The largest absolute Gasteiger partial charge is 0.481 e. The summed E-state index contributed by atoms with van der Waals surface area (Å²) in [5, 5.41) is 26.1. The molecule has 0 spiro atoms. The first-order chi connectivity index (χ1) is 31.9. The Balaban J connectivity index is 4.09. The number of ether oxygens (including phenoxy) is 3. The molecule has 0 fully saturated rings. The number of hydrogen-bond acceptors (Lipinski definition) is 6. The Hall–Kier alpha value is -2.49. The summed E-state index contributed by atoms with van der Waals surface area (Å²) in [6.45, 7) is 3.53. The first-order valence-corrected chi connectivity index (χ1v) is 27.3. The van der Waals surface area contributed by atoms with Gasteiger partial charge in [0.2, 0.25) is 0 Å². The second kappa shape index (κ2) is 54.1. The average Bonchev–Trinajstić information content (AvgIpc) is 3.28. The van der Waals surface area contributed by atoms with E-state index in [1.807, 2.05) is 0 Å². The van der Waals surface area contributed by atoms with E-state index in [1.165, 1.54) is 141 Å². The van der Waals surface area contributed by atoms with Crippen molar-refractivity contribution in [3.05, 3.63) is 36.5 Å². The Morgan fingerprint density at radius 1 is 0.308 bits per heavy atom. The highest BCUT2D eigenvalue weighted by Crippen LogP contribution is 2.15. The summed E-state index contributed by atoms with van der Waals surface area (Å²) in [5.41, 5.74) is 0. The summed E-state index contributed by atoms with van der Waals surface area (Å²) in [6, 6.07) is 0. The molecule has 0 aromatic rings. The average molecular weight is 919 g/mol. The molecule has 0 aromatic carbocycles. The lowest BCUT2D eigenvalue weighted by molar-refractivity contribution is -0.138. The summed E-state index contributed by atoms with van der Waals surface area (Å²) in [7, 11) is 0. The van der Waals surface area contributed by atoms with Crippen LogP contribution in [0.1, 0.15) is 263 Å². The van der Waals surface area contributed by atoms with E-state index < -0.39 is 17.9 Å². The Morgan fingerprint density at radius 3 is 0.877 bits per heavy atom. The van der Waals surface area contributed by atoms with Gasteiger partial charge in [-0.2, -0.15) is 0 Å². The summed E-state index contributed by atoms with van der Waals surface area (Å²) in [5.74, 6) is -2.04. The Bertz CT molecular complexity index is 1100. The third-order valence-corrected chi connectivity index (χ3v) is 12.1. The van der Waals surface area contributed by atoms with Crippen LogP contribution >= 0.6 is 0 Å². The summed E-state index contributed by atoms with van der Waals surface area (Å²) < 4.78 is 18.5. The molecule has 9 heteroatoms. The molecule has 9 nitrogen and oxygen atoms in total. The molecule has 0 amide bonds. The molecule has 0 heterocycles. The predicted molar refractivity (Wildman–Crippen MR) is 271 cm³/mol.